The predicted molar refractivity (Wildman–Crippen MR) is 57.4 cm³/mol. The minimum atomic E-state index is -4.87. The first kappa shape index (κ1) is 14.5. The number of alkyl halides is 6. The summed E-state index contributed by atoms with van der Waals surface area (Å²) >= 11 is 0. The second-order valence-corrected chi connectivity index (χ2v) is 4.15. The molecule has 1 aromatic rings. The van der Waals surface area contributed by atoms with Crippen LogP contribution < -0.4 is 9.47 Å². The molecule has 0 bridgehead atoms. The number of hydrogen-bond acceptors (Lipinski definition) is 2. The van der Waals surface area contributed by atoms with Crippen molar-refractivity contribution < 1.29 is 35.8 Å². The zero-order valence-corrected chi connectivity index (χ0v) is 9.97. The van der Waals surface area contributed by atoms with E-state index >= 15 is 0 Å². The van der Waals surface area contributed by atoms with Crippen LogP contribution in [0, 0.1) is 6.92 Å². The Kier molecular flexibility index (Phi) is 3.35. The van der Waals surface area contributed by atoms with E-state index in [2.05, 4.69) is 4.74 Å². The van der Waals surface area contributed by atoms with Crippen molar-refractivity contribution in [3.8, 4) is 11.5 Å². The summed E-state index contributed by atoms with van der Waals surface area (Å²) in [7, 11) is 0. The molecule has 1 atom stereocenters. The third-order valence-corrected chi connectivity index (χ3v) is 2.53. The van der Waals surface area contributed by atoms with Crippen LogP contribution in [0.2, 0.25) is 0 Å². The largest absolute Gasteiger partial charge is 0.573 e. The average Bonchev–Trinajstić information content (AvgIpc) is 2.24. The van der Waals surface area contributed by atoms with Crippen LogP contribution in [0.15, 0.2) is 18.2 Å². The maximum Gasteiger partial charge on any atom is 0.573 e. The molecule has 0 aliphatic carbocycles. The molecule has 20 heavy (non-hydrogen) atoms. The van der Waals surface area contributed by atoms with Crippen LogP contribution in [0.25, 0.3) is 6.08 Å². The fourth-order valence-corrected chi connectivity index (χ4v) is 1.78. The van der Waals surface area contributed by atoms with Gasteiger partial charge in [-0.25, -0.2) is 0 Å². The molecular formula is C12H8F6O2. The van der Waals surface area contributed by atoms with Gasteiger partial charge >= 0.3 is 12.5 Å². The lowest BCUT2D eigenvalue weighted by Crippen LogP contribution is -2.34. The third kappa shape index (κ3) is 3.17. The van der Waals surface area contributed by atoms with Crippen LogP contribution in [-0.4, -0.2) is 18.6 Å². The fraction of sp³-hybridized carbons (Fsp3) is 0.333. The average molecular weight is 298 g/mol. The summed E-state index contributed by atoms with van der Waals surface area (Å²) in [5, 5.41) is 0. The summed E-state index contributed by atoms with van der Waals surface area (Å²) in [5.74, 6) is -0.614. The summed E-state index contributed by atoms with van der Waals surface area (Å²) in [6, 6.07) is 1.94. The Bertz CT molecular complexity index is 544. The molecule has 1 aliphatic rings. The first-order valence-electron chi connectivity index (χ1n) is 5.38. The van der Waals surface area contributed by atoms with Gasteiger partial charge in [0.25, 0.3) is 0 Å². The molecular weight excluding hydrogens is 290 g/mol. The maximum absolute atomic E-state index is 12.5. The van der Waals surface area contributed by atoms with Gasteiger partial charge < -0.3 is 9.47 Å². The Balaban J connectivity index is 2.33. The highest BCUT2D eigenvalue weighted by atomic mass is 19.4. The highest BCUT2D eigenvalue weighted by Gasteiger charge is 2.42. The number of benzene rings is 1. The van der Waals surface area contributed by atoms with Crippen LogP contribution in [0.1, 0.15) is 11.1 Å². The second-order valence-electron chi connectivity index (χ2n) is 4.15. The zero-order valence-electron chi connectivity index (χ0n) is 9.97. The van der Waals surface area contributed by atoms with E-state index in [1.54, 1.807) is 0 Å². The Morgan fingerprint density at radius 1 is 1.10 bits per heavy atom. The van der Waals surface area contributed by atoms with Crippen LogP contribution in [0.3, 0.4) is 0 Å². The molecule has 0 aromatic heterocycles. The van der Waals surface area contributed by atoms with Gasteiger partial charge in [-0.15, -0.1) is 13.2 Å². The Morgan fingerprint density at radius 2 is 1.75 bits per heavy atom. The molecule has 0 saturated heterocycles. The predicted octanol–water partition coefficient (Wildman–Crippen LogP) is 4.23. The Hall–Kier alpha value is -1.86. The molecule has 1 aromatic carbocycles. The van der Waals surface area contributed by atoms with Gasteiger partial charge in [0.2, 0.25) is 6.10 Å². The number of rotatable bonds is 1. The van der Waals surface area contributed by atoms with Gasteiger partial charge in [-0.05, 0) is 30.7 Å². The number of aryl methyl sites for hydroxylation is 1. The van der Waals surface area contributed by atoms with Gasteiger partial charge in [0, 0.05) is 5.56 Å². The molecule has 1 unspecified atom stereocenters. The molecule has 0 amide bonds. The van der Waals surface area contributed by atoms with E-state index in [0.29, 0.717) is 0 Å². The van der Waals surface area contributed by atoms with E-state index in [0.717, 1.165) is 24.3 Å². The lowest BCUT2D eigenvalue weighted by Gasteiger charge is -2.25. The highest BCUT2D eigenvalue weighted by Crippen LogP contribution is 2.38. The molecule has 8 heteroatoms. The van der Waals surface area contributed by atoms with Crippen molar-refractivity contribution in [1.82, 2.24) is 0 Å². The summed E-state index contributed by atoms with van der Waals surface area (Å²) in [5.41, 5.74) is 0.227. The maximum atomic E-state index is 12.5. The minimum Gasteiger partial charge on any atom is -0.476 e. The van der Waals surface area contributed by atoms with Gasteiger partial charge in [-0.2, -0.15) is 13.2 Å². The summed E-state index contributed by atoms with van der Waals surface area (Å²) in [4.78, 5) is 0. The molecule has 0 saturated carbocycles. The molecule has 0 N–H and O–H groups in total. The molecule has 2 nitrogen and oxygen atoms in total. The molecule has 0 spiro atoms. The van der Waals surface area contributed by atoms with Crippen molar-refractivity contribution in [2.24, 2.45) is 0 Å². The highest BCUT2D eigenvalue weighted by molar-refractivity contribution is 5.64. The van der Waals surface area contributed by atoms with Crippen LogP contribution in [0.5, 0.6) is 11.5 Å². The minimum absolute atomic E-state index is 0.102. The van der Waals surface area contributed by atoms with Gasteiger partial charge in [0.15, 0.2) is 0 Å². The van der Waals surface area contributed by atoms with Crippen LogP contribution in [0.4, 0.5) is 26.3 Å². The van der Waals surface area contributed by atoms with E-state index in [4.69, 9.17) is 4.74 Å². The van der Waals surface area contributed by atoms with Crippen LogP contribution >= 0.6 is 0 Å². The topological polar surface area (TPSA) is 18.5 Å². The molecule has 0 fully saturated rings. The number of ether oxygens (including phenoxy) is 2. The lowest BCUT2D eigenvalue weighted by atomic mass is 10.0. The van der Waals surface area contributed by atoms with Crippen molar-refractivity contribution in [2.75, 3.05) is 0 Å². The van der Waals surface area contributed by atoms with Crippen molar-refractivity contribution in [3.05, 3.63) is 29.3 Å². The zero-order chi connectivity index (χ0) is 15.1. The molecule has 0 radical (unpaired) electrons. The van der Waals surface area contributed by atoms with Crippen molar-refractivity contribution >= 4 is 6.08 Å². The SMILES string of the molecule is Cc1cc(OC(F)(F)F)cc2c1OC(C(F)(F)F)C=C2. The van der Waals surface area contributed by atoms with E-state index < -0.39 is 24.4 Å². The first-order valence-corrected chi connectivity index (χ1v) is 5.38. The van der Waals surface area contributed by atoms with Crippen molar-refractivity contribution in [1.29, 1.82) is 0 Å². The van der Waals surface area contributed by atoms with Gasteiger partial charge in [0.05, 0.1) is 0 Å². The molecule has 1 heterocycles. The van der Waals surface area contributed by atoms with Crippen LogP contribution in [-0.2, 0) is 0 Å². The fourth-order valence-electron chi connectivity index (χ4n) is 1.78. The Labute approximate surface area is 109 Å². The Morgan fingerprint density at radius 3 is 2.30 bits per heavy atom. The number of halogens is 6. The second kappa shape index (κ2) is 4.60. The summed E-state index contributed by atoms with van der Waals surface area (Å²) < 4.78 is 82.4. The number of hydrogen-bond donors (Lipinski definition) is 0. The van der Waals surface area contributed by atoms with Crippen molar-refractivity contribution in [2.45, 2.75) is 25.6 Å². The lowest BCUT2D eigenvalue weighted by molar-refractivity contribution is -0.274. The van der Waals surface area contributed by atoms with E-state index in [-0.39, 0.29) is 16.9 Å². The number of fused-ring (bicyclic) bond motifs is 1. The first-order chi connectivity index (χ1) is 9.06. The van der Waals surface area contributed by atoms with Gasteiger partial charge in [-0.3, -0.25) is 0 Å². The molecule has 2 rings (SSSR count). The van der Waals surface area contributed by atoms with Gasteiger partial charge in [0.1, 0.15) is 11.5 Å². The van der Waals surface area contributed by atoms with Gasteiger partial charge in [-0.1, -0.05) is 6.08 Å². The van der Waals surface area contributed by atoms with E-state index in [9.17, 15) is 26.3 Å². The third-order valence-electron chi connectivity index (χ3n) is 2.53. The molecule has 1 aliphatic heterocycles. The summed E-state index contributed by atoms with van der Waals surface area (Å²) in [6.07, 6.45) is -9.76. The quantitative estimate of drug-likeness (QED) is 0.722. The van der Waals surface area contributed by atoms with E-state index in [1.165, 1.54) is 6.92 Å². The smallest absolute Gasteiger partial charge is 0.476 e. The monoisotopic (exact) mass is 298 g/mol. The van der Waals surface area contributed by atoms with E-state index in [1.807, 2.05) is 0 Å². The summed E-state index contributed by atoms with van der Waals surface area (Å²) in [6.45, 7) is 1.34. The molecule has 110 valence electrons. The normalized spacial score (nSPS) is 18.4. The van der Waals surface area contributed by atoms with Crippen molar-refractivity contribution in [3.63, 3.8) is 0 Å². The standard InChI is InChI=1S/C12H8F6O2/c1-6-4-8(20-12(16,17)18)5-7-2-3-9(11(13,14)15)19-10(6)7/h2-5,9H,1H3.